The molecule has 0 fully saturated rings. The summed E-state index contributed by atoms with van der Waals surface area (Å²) >= 11 is 0. The summed E-state index contributed by atoms with van der Waals surface area (Å²) in [5.74, 6) is 0.389. The summed E-state index contributed by atoms with van der Waals surface area (Å²) in [6.45, 7) is 3.18. The third-order valence-corrected chi connectivity index (χ3v) is 1.85. The normalized spacial score (nSPS) is 15.7. The van der Waals surface area contributed by atoms with Crippen molar-refractivity contribution in [2.75, 3.05) is 20.2 Å². The van der Waals surface area contributed by atoms with Crippen LogP contribution in [0.25, 0.3) is 0 Å². The third kappa shape index (κ3) is 6.92. The molecule has 4 N–H and O–H groups in total. The molecule has 0 aromatic rings. The van der Waals surface area contributed by atoms with E-state index in [0.29, 0.717) is 19.0 Å². The standard InChI is InChI=1S/C8H20N2O3/c1-7(12-13-11-2)5-8(6-10)3-4-9/h7-8H,3-6,9-10H2,1-2H3. The van der Waals surface area contributed by atoms with Crippen LogP contribution in [0.3, 0.4) is 0 Å². The smallest absolute Gasteiger partial charge is 0.0936 e. The molecule has 0 spiro atoms. The van der Waals surface area contributed by atoms with Crippen LogP contribution < -0.4 is 11.5 Å². The summed E-state index contributed by atoms with van der Waals surface area (Å²) in [7, 11) is 1.40. The Bertz CT molecular complexity index is 114. The van der Waals surface area contributed by atoms with Crippen molar-refractivity contribution in [3.63, 3.8) is 0 Å². The Labute approximate surface area is 79.2 Å². The minimum absolute atomic E-state index is 0.0277. The minimum atomic E-state index is -0.0277. The van der Waals surface area contributed by atoms with E-state index in [0.717, 1.165) is 12.8 Å². The summed E-state index contributed by atoms with van der Waals surface area (Å²) in [5.41, 5.74) is 11.0. The predicted octanol–water partition coefficient (Wildman–Crippen LogP) is 0.198. The van der Waals surface area contributed by atoms with E-state index in [1.165, 1.54) is 7.11 Å². The van der Waals surface area contributed by atoms with Gasteiger partial charge in [-0.15, -0.1) is 0 Å². The van der Waals surface area contributed by atoms with Crippen molar-refractivity contribution >= 4 is 0 Å². The highest BCUT2D eigenvalue weighted by Gasteiger charge is 2.12. The van der Waals surface area contributed by atoms with Gasteiger partial charge in [0, 0.05) is 0 Å². The Morgan fingerprint density at radius 3 is 2.46 bits per heavy atom. The number of hydrogen-bond donors (Lipinski definition) is 2. The van der Waals surface area contributed by atoms with Crippen LogP contribution in [0.4, 0.5) is 0 Å². The lowest BCUT2D eigenvalue weighted by atomic mass is 9.99. The first-order valence-electron chi connectivity index (χ1n) is 4.50. The number of nitrogens with two attached hydrogens (primary N) is 2. The fraction of sp³-hybridized carbons (Fsp3) is 1.00. The highest BCUT2D eigenvalue weighted by molar-refractivity contribution is 4.63. The van der Waals surface area contributed by atoms with Crippen LogP contribution in [-0.4, -0.2) is 26.3 Å². The molecule has 13 heavy (non-hydrogen) atoms. The fourth-order valence-corrected chi connectivity index (χ4v) is 1.18. The summed E-state index contributed by atoms with van der Waals surface area (Å²) < 4.78 is 0. The van der Waals surface area contributed by atoms with Gasteiger partial charge in [0.05, 0.1) is 13.2 Å². The predicted molar refractivity (Wildman–Crippen MR) is 49.5 cm³/mol. The molecule has 0 heterocycles. The molecule has 0 aliphatic heterocycles. The molecule has 0 aromatic carbocycles. The van der Waals surface area contributed by atoms with Crippen LogP contribution in [0, 0.1) is 5.92 Å². The first-order chi connectivity index (χ1) is 6.24. The molecular formula is C8H20N2O3. The van der Waals surface area contributed by atoms with Gasteiger partial charge in [-0.05, 0) is 38.8 Å². The topological polar surface area (TPSA) is 79.7 Å². The van der Waals surface area contributed by atoms with E-state index in [4.69, 9.17) is 16.4 Å². The molecule has 0 radical (unpaired) electrons. The van der Waals surface area contributed by atoms with E-state index >= 15 is 0 Å². The molecule has 0 aliphatic carbocycles. The number of rotatable bonds is 8. The zero-order valence-electron chi connectivity index (χ0n) is 8.36. The van der Waals surface area contributed by atoms with Gasteiger partial charge >= 0.3 is 0 Å². The van der Waals surface area contributed by atoms with Crippen LogP contribution in [0.15, 0.2) is 0 Å². The van der Waals surface area contributed by atoms with E-state index in [2.05, 4.69) is 9.93 Å². The lowest BCUT2D eigenvalue weighted by Crippen LogP contribution is -2.23. The van der Waals surface area contributed by atoms with Crippen molar-refractivity contribution in [2.24, 2.45) is 17.4 Å². The van der Waals surface area contributed by atoms with Gasteiger partial charge < -0.3 is 11.5 Å². The van der Waals surface area contributed by atoms with E-state index in [-0.39, 0.29) is 6.10 Å². The fourth-order valence-electron chi connectivity index (χ4n) is 1.18. The van der Waals surface area contributed by atoms with Gasteiger partial charge in [-0.25, -0.2) is 9.78 Å². The Morgan fingerprint density at radius 2 is 2.00 bits per heavy atom. The molecule has 0 rings (SSSR count). The SMILES string of the molecule is COOOC(C)CC(CN)CCN. The maximum atomic E-state index is 5.55. The molecule has 0 bridgehead atoms. The Balaban J connectivity index is 3.53. The summed E-state index contributed by atoms with van der Waals surface area (Å²) in [5, 5.41) is 4.35. The molecule has 2 unspecified atom stereocenters. The highest BCUT2D eigenvalue weighted by Crippen LogP contribution is 2.11. The van der Waals surface area contributed by atoms with Gasteiger partial charge in [0.15, 0.2) is 0 Å². The second kappa shape index (κ2) is 8.40. The van der Waals surface area contributed by atoms with Gasteiger partial charge in [-0.3, -0.25) is 0 Å². The summed E-state index contributed by atoms with van der Waals surface area (Å²) in [6, 6.07) is 0. The van der Waals surface area contributed by atoms with E-state index < -0.39 is 0 Å². The maximum Gasteiger partial charge on any atom is 0.0936 e. The van der Waals surface area contributed by atoms with Crippen LogP contribution >= 0.6 is 0 Å². The Morgan fingerprint density at radius 1 is 1.31 bits per heavy atom. The third-order valence-electron chi connectivity index (χ3n) is 1.85. The largest absolute Gasteiger partial charge is 0.330 e. The lowest BCUT2D eigenvalue weighted by molar-refractivity contribution is -0.516. The monoisotopic (exact) mass is 192 g/mol. The van der Waals surface area contributed by atoms with E-state index in [1.54, 1.807) is 0 Å². The quantitative estimate of drug-likeness (QED) is 0.424. The van der Waals surface area contributed by atoms with Crippen molar-refractivity contribution < 1.29 is 14.8 Å². The molecule has 0 saturated carbocycles. The van der Waals surface area contributed by atoms with Gasteiger partial charge in [-0.2, -0.15) is 0 Å². The minimum Gasteiger partial charge on any atom is -0.330 e. The zero-order valence-corrected chi connectivity index (χ0v) is 8.36. The summed E-state index contributed by atoms with van der Waals surface area (Å²) in [4.78, 5) is 9.16. The average molecular weight is 192 g/mol. The van der Waals surface area contributed by atoms with E-state index in [9.17, 15) is 0 Å². The molecule has 0 aliphatic rings. The highest BCUT2D eigenvalue weighted by atomic mass is 17.5. The van der Waals surface area contributed by atoms with E-state index in [1.807, 2.05) is 6.92 Å². The van der Waals surface area contributed by atoms with Crippen molar-refractivity contribution in [2.45, 2.75) is 25.9 Å². The average Bonchev–Trinajstić information content (AvgIpc) is 2.14. The van der Waals surface area contributed by atoms with Crippen molar-refractivity contribution in [3.8, 4) is 0 Å². The maximum absolute atomic E-state index is 5.55. The first-order valence-corrected chi connectivity index (χ1v) is 4.50. The molecule has 0 saturated heterocycles. The Kier molecular flexibility index (Phi) is 8.27. The molecule has 0 amide bonds. The van der Waals surface area contributed by atoms with Gasteiger partial charge in [-0.1, -0.05) is 5.04 Å². The van der Waals surface area contributed by atoms with Crippen molar-refractivity contribution in [1.29, 1.82) is 0 Å². The Hall–Kier alpha value is -0.200. The molecule has 5 heteroatoms. The van der Waals surface area contributed by atoms with Crippen LogP contribution in [-0.2, 0) is 14.8 Å². The van der Waals surface area contributed by atoms with Gasteiger partial charge in [0.2, 0.25) is 0 Å². The second-order valence-corrected chi connectivity index (χ2v) is 3.06. The molecule has 5 nitrogen and oxygen atoms in total. The zero-order chi connectivity index (χ0) is 10.1. The first kappa shape index (κ1) is 12.8. The van der Waals surface area contributed by atoms with Gasteiger partial charge in [0.25, 0.3) is 0 Å². The molecule has 2 atom stereocenters. The number of hydrogen-bond acceptors (Lipinski definition) is 5. The lowest BCUT2D eigenvalue weighted by Gasteiger charge is -2.17. The summed E-state index contributed by atoms with van der Waals surface area (Å²) in [6.07, 6.45) is 1.72. The van der Waals surface area contributed by atoms with Crippen LogP contribution in [0.2, 0.25) is 0 Å². The van der Waals surface area contributed by atoms with Crippen LogP contribution in [0.1, 0.15) is 19.8 Å². The molecule has 0 aromatic heterocycles. The van der Waals surface area contributed by atoms with Gasteiger partial charge in [0.1, 0.15) is 0 Å². The van der Waals surface area contributed by atoms with Crippen LogP contribution in [0.5, 0.6) is 0 Å². The molecular weight excluding hydrogens is 172 g/mol. The van der Waals surface area contributed by atoms with Crippen molar-refractivity contribution in [1.82, 2.24) is 0 Å². The molecule has 80 valence electrons. The van der Waals surface area contributed by atoms with Crippen molar-refractivity contribution in [3.05, 3.63) is 0 Å². The second-order valence-electron chi connectivity index (χ2n) is 3.06.